The van der Waals surface area contributed by atoms with Gasteiger partial charge in [0.05, 0.1) is 5.69 Å². The predicted molar refractivity (Wildman–Crippen MR) is 96.0 cm³/mol. The Morgan fingerprint density at radius 1 is 1.19 bits per heavy atom. The van der Waals surface area contributed by atoms with Gasteiger partial charge in [-0.25, -0.2) is 9.67 Å². The van der Waals surface area contributed by atoms with Crippen LogP contribution in [0.4, 0.5) is 5.13 Å². The van der Waals surface area contributed by atoms with Crippen LogP contribution in [-0.4, -0.2) is 33.9 Å². The molecule has 2 aromatic heterocycles. The molecule has 1 aromatic carbocycles. The molecule has 0 saturated carbocycles. The van der Waals surface area contributed by atoms with Crippen LogP contribution in [0.5, 0.6) is 11.5 Å². The highest BCUT2D eigenvalue weighted by Gasteiger charge is 2.15. The fraction of sp³-hybridized carbons (Fsp3) is 0.176. The van der Waals surface area contributed by atoms with Crippen molar-refractivity contribution in [2.75, 3.05) is 18.5 Å². The largest absolute Gasteiger partial charge is 0.486 e. The molecule has 0 atom stereocenters. The Morgan fingerprint density at radius 3 is 2.81 bits per heavy atom. The van der Waals surface area contributed by atoms with Gasteiger partial charge in [0, 0.05) is 24.1 Å². The number of aromatic nitrogens is 3. The number of aryl methyl sites for hydroxylation is 1. The summed E-state index contributed by atoms with van der Waals surface area (Å²) < 4.78 is 12.2. The molecule has 1 N–H and O–H groups in total. The molecule has 0 fully saturated rings. The van der Waals surface area contributed by atoms with E-state index >= 15 is 0 Å². The molecule has 8 nitrogen and oxygen atoms in total. The van der Waals surface area contributed by atoms with Crippen LogP contribution in [0.2, 0.25) is 0 Å². The van der Waals surface area contributed by atoms with Crippen molar-refractivity contribution in [3.8, 4) is 22.8 Å². The number of ether oxygens (including phenoxy) is 2. The summed E-state index contributed by atoms with van der Waals surface area (Å²) in [5, 5.41) is 8.90. The highest BCUT2D eigenvalue weighted by atomic mass is 32.1. The van der Waals surface area contributed by atoms with E-state index in [1.807, 2.05) is 23.6 Å². The summed E-state index contributed by atoms with van der Waals surface area (Å²) in [5.74, 6) is 0.968. The van der Waals surface area contributed by atoms with Gasteiger partial charge >= 0.3 is 0 Å². The molecule has 0 unspecified atom stereocenters. The van der Waals surface area contributed by atoms with E-state index in [-0.39, 0.29) is 11.3 Å². The van der Waals surface area contributed by atoms with Crippen molar-refractivity contribution < 1.29 is 14.3 Å². The molecule has 1 amide bonds. The maximum Gasteiger partial charge on any atom is 0.277 e. The molecule has 3 heterocycles. The molecule has 0 saturated heterocycles. The Morgan fingerprint density at radius 2 is 2.00 bits per heavy atom. The topological polar surface area (TPSA) is 95.3 Å². The minimum atomic E-state index is -0.427. The van der Waals surface area contributed by atoms with Crippen LogP contribution in [0.15, 0.2) is 40.5 Å². The van der Waals surface area contributed by atoms with E-state index in [4.69, 9.17) is 9.47 Å². The summed E-state index contributed by atoms with van der Waals surface area (Å²) in [5.41, 5.74) is 1.45. The van der Waals surface area contributed by atoms with Crippen LogP contribution in [-0.2, 0) is 7.05 Å². The fourth-order valence-corrected chi connectivity index (χ4v) is 3.17. The van der Waals surface area contributed by atoms with Crippen molar-refractivity contribution in [2.45, 2.75) is 0 Å². The highest BCUT2D eigenvalue weighted by Crippen LogP contribution is 2.35. The molecule has 0 spiro atoms. The standard InChI is InChI=1S/C17H14N4O4S/c1-21-15(22)5-3-11(20-21)16(23)19-17-18-12(9-26-17)10-2-4-13-14(8-10)25-7-6-24-13/h2-5,8-9H,6-7H2,1H3,(H,18,19,23). The Labute approximate surface area is 152 Å². The number of hydrogen-bond acceptors (Lipinski definition) is 7. The number of rotatable bonds is 3. The van der Waals surface area contributed by atoms with Gasteiger partial charge in [0.1, 0.15) is 18.9 Å². The maximum atomic E-state index is 12.3. The summed E-state index contributed by atoms with van der Waals surface area (Å²) in [4.78, 5) is 28.0. The second-order valence-electron chi connectivity index (χ2n) is 5.53. The fourth-order valence-electron chi connectivity index (χ4n) is 2.45. The van der Waals surface area contributed by atoms with Gasteiger partial charge in [-0.2, -0.15) is 5.10 Å². The van der Waals surface area contributed by atoms with Crippen LogP contribution in [0.3, 0.4) is 0 Å². The predicted octanol–water partition coefficient (Wildman–Crippen LogP) is 1.93. The Balaban J connectivity index is 1.53. The minimum Gasteiger partial charge on any atom is -0.486 e. The van der Waals surface area contributed by atoms with Crippen molar-refractivity contribution in [2.24, 2.45) is 7.05 Å². The number of anilines is 1. The average Bonchev–Trinajstić information content (AvgIpc) is 3.12. The molecule has 9 heteroatoms. The first-order valence-electron chi connectivity index (χ1n) is 7.81. The summed E-state index contributed by atoms with van der Waals surface area (Å²) in [6, 6.07) is 8.28. The SMILES string of the molecule is Cn1nc(C(=O)Nc2nc(-c3ccc4c(c3)OCCO4)cs2)ccc1=O. The number of fused-ring (bicyclic) bond motifs is 1. The normalized spacial score (nSPS) is 12.7. The van der Waals surface area contributed by atoms with Gasteiger partial charge in [-0.05, 0) is 24.3 Å². The summed E-state index contributed by atoms with van der Waals surface area (Å²) >= 11 is 1.30. The lowest BCUT2D eigenvalue weighted by Crippen LogP contribution is -2.23. The second kappa shape index (κ2) is 6.60. The molecule has 3 aromatic rings. The number of carbonyl (C=O) groups is 1. The molecule has 0 radical (unpaired) electrons. The van der Waals surface area contributed by atoms with Crippen LogP contribution >= 0.6 is 11.3 Å². The van der Waals surface area contributed by atoms with Gasteiger partial charge in [-0.3, -0.25) is 14.9 Å². The van der Waals surface area contributed by atoms with Crippen molar-refractivity contribution in [3.05, 3.63) is 51.8 Å². The van der Waals surface area contributed by atoms with Crippen LogP contribution in [0, 0.1) is 0 Å². The molecule has 26 heavy (non-hydrogen) atoms. The number of thiazole rings is 1. The van der Waals surface area contributed by atoms with Gasteiger partial charge in [-0.15, -0.1) is 11.3 Å². The summed E-state index contributed by atoms with van der Waals surface area (Å²) in [6.45, 7) is 1.06. The first-order valence-corrected chi connectivity index (χ1v) is 8.69. The number of benzene rings is 1. The molecular formula is C17H14N4O4S. The van der Waals surface area contributed by atoms with Crippen molar-refractivity contribution in [1.29, 1.82) is 0 Å². The van der Waals surface area contributed by atoms with Gasteiger partial charge in [0.15, 0.2) is 16.6 Å². The van der Waals surface area contributed by atoms with Gasteiger partial charge in [0.2, 0.25) is 0 Å². The lowest BCUT2D eigenvalue weighted by Gasteiger charge is -2.18. The molecule has 1 aliphatic heterocycles. The first-order chi connectivity index (χ1) is 12.6. The lowest BCUT2D eigenvalue weighted by atomic mass is 10.1. The van der Waals surface area contributed by atoms with Crippen LogP contribution < -0.4 is 20.3 Å². The molecular weight excluding hydrogens is 356 g/mol. The van der Waals surface area contributed by atoms with Gasteiger partial charge in [-0.1, -0.05) is 0 Å². The van der Waals surface area contributed by atoms with E-state index in [1.54, 1.807) is 0 Å². The van der Waals surface area contributed by atoms with E-state index in [0.29, 0.717) is 29.8 Å². The zero-order valence-electron chi connectivity index (χ0n) is 13.8. The monoisotopic (exact) mass is 370 g/mol. The van der Waals surface area contributed by atoms with Crippen molar-refractivity contribution in [3.63, 3.8) is 0 Å². The molecule has 4 rings (SSSR count). The second-order valence-corrected chi connectivity index (χ2v) is 6.39. The smallest absolute Gasteiger partial charge is 0.277 e. The third-order valence-corrected chi connectivity index (χ3v) is 4.51. The molecule has 0 aliphatic carbocycles. The Bertz CT molecular complexity index is 1040. The number of amides is 1. The van der Waals surface area contributed by atoms with Crippen molar-refractivity contribution in [1.82, 2.24) is 14.8 Å². The number of carbonyl (C=O) groups excluding carboxylic acids is 1. The summed E-state index contributed by atoms with van der Waals surface area (Å²) in [7, 11) is 1.49. The van der Waals surface area contributed by atoms with Gasteiger partial charge in [0.25, 0.3) is 11.5 Å². The van der Waals surface area contributed by atoms with E-state index in [0.717, 1.165) is 15.9 Å². The van der Waals surface area contributed by atoms with Crippen molar-refractivity contribution >= 4 is 22.4 Å². The minimum absolute atomic E-state index is 0.142. The highest BCUT2D eigenvalue weighted by molar-refractivity contribution is 7.14. The number of nitrogens with zero attached hydrogens (tertiary/aromatic N) is 3. The van der Waals surface area contributed by atoms with E-state index in [2.05, 4.69) is 15.4 Å². The maximum absolute atomic E-state index is 12.3. The van der Waals surface area contributed by atoms with E-state index in [1.165, 1.54) is 30.5 Å². The quantitative estimate of drug-likeness (QED) is 0.757. The summed E-state index contributed by atoms with van der Waals surface area (Å²) in [6.07, 6.45) is 0. The number of hydrogen-bond donors (Lipinski definition) is 1. The molecule has 1 aliphatic rings. The van der Waals surface area contributed by atoms with Crippen LogP contribution in [0.1, 0.15) is 10.5 Å². The third-order valence-electron chi connectivity index (χ3n) is 3.76. The van der Waals surface area contributed by atoms with E-state index in [9.17, 15) is 9.59 Å². The Kier molecular flexibility index (Phi) is 4.13. The van der Waals surface area contributed by atoms with Gasteiger partial charge < -0.3 is 9.47 Å². The Hall–Kier alpha value is -3.20. The van der Waals surface area contributed by atoms with E-state index < -0.39 is 5.91 Å². The lowest BCUT2D eigenvalue weighted by molar-refractivity contribution is 0.102. The first kappa shape index (κ1) is 16.3. The third kappa shape index (κ3) is 3.16. The van der Waals surface area contributed by atoms with Crippen LogP contribution in [0.25, 0.3) is 11.3 Å². The molecule has 0 bridgehead atoms. The molecule has 132 valence electrons. The average molecular weight is 370 g/mol. The number of nitrogens with one attached hydrogen (secondary N) is 1. The zero-order valence-corrected chi connectivity index (χ0v) is 14.6. The zero-order chi connectivity index (χ0) is 18.1.